The Morgan fingerprint density at radius 2 is 2.11 bits per heavy atom. The molecule has 106 valence electrons. The van der Waals surface area contributed by atoms with Crippen LogP contribution in [0.2, 0.25) is 0 Å². The molecule has 0 aliphatic carbocycles. The molecule has 19 heavy (non-hydrogen) atoms. The van der Waals surface area contributed by atoms with Crippen molar-refractivity contribution in [2.24, 2.45) is 0 Å². The molecule has 0 spiro atoms. The topological polar surface area (TPSA) is 97.1 Å². The summed E-state index contributed by atoms with van der Waals surface area (Å²) in [5.41, 5.74) is 0. The van der Waals surface area contributed by atoms with Crippen LogP contribution in [-0.4, -0.2) is 41.3 Å². The van der Waals surface area contributed by atoms with Crippen molar-refractivity contribution in [2.75, 3.05) is 0 Å². The molecule has 0 aromatic heterocycles. The van der Waals surface area contributed by atoms with Gasteiger partial charge in [-0.15, -0.1) is 0 Å². The van der Waals surface area contributed by atoms with E-state index in [0.29, 0.717) is 0 Å². The summed E-state index contributed by atoms with van der Waals surface area (Å²) < 4.78 is 21.7. The summed E-state index contributed by atoms with van der Waals surface area (Å²) in [6.07, 6.45) is -0.874. The molecule has 8 nitrogen and oxygen atoms in total. The van der Waals surface area contributed by atoms with Crippen molar-refractivity contribution in [3.8, 4) is 0 Å². The van der Waals surface area contributed by atoms with E-state index in [-0.39, 0.29) is 0 Å². The summed E-state index contributed by atoms with van der Waals surface area (Å²) in [6.45, 7) is 4.67. The van der Waals surface area contributed by atoms with Crippen molar-refractivity contribution in [1.29, 1.82) is 0 Å². The second-order valence-electron chi connectivity index (χ2n) is 4.77. The molecule has 2 rings (SSSR count). The Morgan fingerprint density at radius 3 is 2.68 bits per heavy atom. The Labute approximate surface area is 109 Å². The number of carbonyl (C=O) groups excluding carboxylic acids is 1. The van der Waals surface area contributed by atoms with Gasteiger partial charge in [0.05, 0.1) is 4.92 Å². The van der Waals surface area contributed by atoms with E-state index in [2.05, 4.69) is 0 Å². The van der Waals surface area contributed by atoms with E-state index in [9.17, 15) is 14.9 Å². The predicted molar refractivity (Wildman–Crippen MR) is 60.4 cm³/mol. The lowest BCUT2D eigenvalue weighted by atomic mass is 10.1. The molecule has 0 aromatic rings. The summed E-state index contributed by atoms with van der Waals surface area (Å²) in [4.78, 5) is 20.8. The summed E-state index contributed by atoms with van der Waals surface area (Å²) in [5.74, 6) is -1.35. The third-order valence-corrected chi connectivity index (χ3v) is 2.73. The fourth-order valence-corrected chi connectivity index (χ4v) is 2.14. The van der Waals surface area contributed by atoms with Crippen LogP contribution < -0.4 is 0 Å². The number of rotatable bonds is 3. The minimum Gasteiger partial charge on any atom is -0.456 e. The predicted octanol–water partition coefficient (Wildman–Crippen LogP) is 0.585. The Balaban J connectivity index is 2.14. The molecule has 0 unspecified atom stereocenters. The number of ether oxygens (including phenoxy) is 4. The molecule has 2 aliphatic heterocycles. The molecule has 0 aromatic carbocycles. The van der Waals surface area contributed by atoms with Gasteiger partial charge in [0.15, 0.2) is 24.3 Å². The highest BCUT2D eigenvalue weighted by molar-refractivity contribution is 5.66. The van der Waals surface area contributed by atoms with E-state index in [0.717, 1.165) is 6.20 Å². The van der Waals surface area contributed by atoms with Gasteiger partial charge < -0.3 is 18.9 Å². The Bertz CT molecular complexity index is 419. The largest absolute Gasteiger partial charge is 0.456 e. The smallest absolute Gasteiger partial charge is 0.303 e. The standard InChI is InChI=1S/C11H15NO7/c1-6(13)16-8-7(4-5-12(14)15)17-10-9(8)18-11(2,3)19-10/h4-5,7-10H,1-3H3/b5-4+/t7-,8+,9+,10+/m1/s1. The van der Waals surface area contributed by atoms with Crippen LogP contribution in [0.1, 0.15) is 20.8 Å². The molecule has 2 heterocycles. The molecule has 0 saturated carbocycles. The zero-order valence-electron chi connectivity index (χ0n) is 10.8. The zero-order chi connectivity index (χ0) is 14.2. The van der Waals surface area contributed by atoms with E-state index in [1.807, 2.05) is 0 Å². The molecule has 8 heteroatoms. The van der Waals surface area contributed by atoms with E-state index in [1.165, 1.54) is 13.0 Å². The maximum Gasteiger partial charge on any atom is 0.303 e. The molecule has 0 radical (unpaired) electrons. The SMILES string of the molecule is CC(=O)O[C@@H]1[C@@H]2OC(C)(C)O[C@@H]2O[C@@H]1/C=C/[N+](=O)[O-]. The maximum absolute atomic E-state index is 11.1. The van der Waals surface area contributed by atoms with Gasteiger partial charge in [0.2, 0.25) is 6.20 Å². The first-order valence-corrected chi connectivity index (χ1v) is 5.79. The Hall–Kier alpha value is -1.51. The lowest BCUT2D eigenvalue weighted by Gasteiger charge is -2.23. The summed E-state index contributed by atoms with van der Waals surface area (Å²) >= 11 is 0. The molecule has 0 amide bonds. The Morgan fingerprint density at radius 1 is 1.42 bits per heavy atom. The van der Waals surface area contributed by atoms with Crippen molar-refractivity contribution < 1.29 is 28.7 Å². The summed E-state index contributed by atoms with van der Waals surface area (Å²) in [6, 6.07) is 0. The lowest BCUT2D eigenvalue weighted by Crippen LogP contribution is -2.37. The fraction of sp³-hybridized carbons (Fsp3) is 0.727. The number of nitrogens with zero attached hydrogens (tertiary/aromatic N) is 1. The van der Waals surface area contributed by atoms with Gasteiger partial charge in [-0.1, -0.05) is 0 Å². The zero-order valence-corrected chi connectivity index (χ0v) is 10.8. The quantitative estimate of drug-likeness (QED) is 0.421. The average molecular weight is 273 g/mol. The highest BCUT2D eigenvalue weighted by Crippen LogP contribution is 2.39. The average Bonchev–Trinajstić information content (AvgIpc) is 2.69. The van der Waals surface area contributed by atoms with Crippen LogP contribution in [0.5, 0.6) is 0 Å². The van der Waals surface area contributed by atoms with Crippen LogP contribution in [0.15, 0.2) is 12.3 Å². The van der Waals surface area contributed by atoms with Crippen LogP contribution in [0.25, 0.3) is 0 Å². The van der Waals surface area contributed by atoms with Crippen molar-refractivity contribution in [1.82, 2.24) is 0 Å². The number of nitro groups is 1. The minimum atomic E-state index is -0.842. The molecule has 2 fully saturated rings. The normalized spacial score (nSPS) is 36.4. The van der Waals surface area contributed by atoms with Gasteiger partial charge in [-0.2, -0.15) is 0 Å². The van der Waals surface area contributed by atoms with Gasteiger partial charge in [0.1, 0.15) is 6.10 Å². The van der Waals surface area contributed by atoms with Crippen molar-refractivity contribution in [3.05, 3.63) is 22.4 Å². The first-order valence-electron chi connectivity index (χ1n) is 5.79. The molecule has 0 bridgehead atoms. The molecule has 0 N–H and O–H groups in total. The van der Waals surface area contributed by atoms with Crippen molar-refractivity contribution in [2.45, 2.75) is 51.2 Å². The van der Waals surface area contributed by atoms with Crippen LogP contribution >= 0.6 is 0 Å². The van der Waals surface area contributed by atoms with Gasteiger partial charge in [0.25, 0.3) is 0 Å². The molecule has 2 aliphatic rings. The van der Waals surface area contributed by atoms with Gasteiger partial charge in [-0.3, -0.25) is 14.9 Å². The van der Waals surface area contributed by atoms with E-state index in [1.54, 1.807) is 13.8 Å². The number of hydrogen-bond donors (Lipinski definition) is 0. The second-order valence-corrected chi connectivity index (χ2v) is 4.77. The minimum absolute atomic E-state index is 0.512. The second kappa shape index (κ2) is 4.87. The van der Waals surface area contributed by atoms with Gasteiger partial charge in [-0.25, -0.2) is 0 Å². The van der Waals surface area contributed by atoms with Crippen LogP contribution in [-0.2, 0) is 23.7 Å². The molecule has 4 atom stereocenters. The fourth-order valence-electron chi connectivity index (χ4n) is 2.14. The van der Waals surface area contributed by atoms with Gasteiger partial charge >= 0.3 is 5.97 Å². The number of esters is 1. The molecular formula is C11H15NO7. The lowest BCUT2D eigenvalue weighted by molar-refractivity contribution is -0.403. The van der Waals surface area contributed by atoms with E-state index < -0.39 is 41.3 Å². The third kappa shape index (κ3) is 3.09. The van der Waals surface area contributed by atoms with Crippen LogP contribution in [0.4, 0.5) is 0 Å². The van der Waals surface area contributed by atoms with Crippen LogP contribution in [0.3, 0.4) is 0 Å². The van der Waals surface area contributed by atoms with Crippen molar-refractivity contribution >= 4 is 5.97 Å². The number of hydrogen-bond acceptors (Lipinski definition) is 7. The highest BCUT2D eigenvalue weighted by Gasteiger charge is 2.55. The first-order chi connectivity index (χ1) is 8.78. The highest BCUT2D eigenvalue weighted by atomic mass is 16.8. The Kier molecular flexibility index (Phi) is 3.57. The van der Waals surface area contributed by atoms with Crippen molar-refractivity contribution in [3.63, 3.8) is 0 Å². The number of fused-ring (bicyclic) bond motifs is 1. The summed E-state index contributed by atoms with van der Waals surface area (Å²) in [5, 5.41) is 10.3. The van der Waals surface area contributed by atoms with Gasteiger partial charge in [-0.05, 0) is 13.8 Å². The third-order valence-electron chi connectivity index (χ3n) is 2.73. The first kappa shape index (κ1) is 13.9. The molecular weight excluding hydrogens is 258 g/mol. The number of carbonyl (C=O) groups is 1. The summed E-state index contributed by atoms with van der Waals surface area (Å²) in [7, 11) is 0. The maximum atomic E-state index is 11.1. The molecule has 2 saturated heterocycles. The van der Waals surface area contributed by atoms with E-state index in [4.69, 9.17) is 18.9 Å². The van der Waals surface area contributed by atoms with Gasteiger partial charge in [0, 0.05) is 13.0 Å². The monoisotopic (exact) mass is 273 g/mol. The van der Waals surface area contributed by atoms with E-state index >= 15 is 0 Å². The van der Waals surface area contributed by atoms with Crippen LogP contribution in [0, 0.1) is 10.1 Å².